The van der Waals surface area contributed by atoms with Crippen molar-refractivity contribution in [2.24, 2.45) is 5.73 Å². The molecule has 0 unspecified atom stereocenters. The second kappa shape index (κ2) is 8.68. The Morgan fingerprint density at radius 3 is 2.67 bits per heavy atom. The number of aromatic nitrogens is 2. The third-order valence-corrected chi connectivity index (χ3v) is 6.65. The number of nitrogens with zero attached hydrogens (tertiary/aromatic N) is 3. The quantitative estimate of drug-likeness (QED) is 0.533. The molecule has 172 valence electrons. The molecule has 1 aliphatic rings. The van der Waals surface area contributed by atoms with E-state index in [1.807, 2.05) is 0 Å². The number of halogens is 4. The fraction of sp³-hybridized carbons (Fsp3) is 0.227. The van der Waals surface area contributed by atoms with E-state index >= 15 is 0 Å². The van der Waals surface area contributed by atoms with Crippen LogP contribution in [0.15, 0.2) is 49.2 Å². The fourth-order valence-electron chi connectivity index (χ4n) is 4.06. The summed E-state index contributed by atoms with van der Waals surface area (Å²) in [5.41, 5.74) is 5.61. The Balaban J connectivity index is 1.88. The molecule has 0 radical (unpaired) electrons. The third-order valence-electron chi connectivity index (χ3n) is 5.39. The lowest BCUT2D eigenvalue weighted by Gasteiger charge is -2.33. The van der Waals surface area contributed by atoms with Gasteiger partial charge in [0.15, 0.2) is 5.69 Å². The van der Waals surface area contributed by atoms with Crippen molar-refractivity contribution < 1.29 is 22.8 Å². The monoisotopic (exact) mass is 494 g/mol. The molecule has 2 amide bonds. The number of thiophene rings is 1. The predicted molar refractivity (Wildman–Crippen MR) is 119 cm³/mol. The number of hydrogen-bond donors (Lipinski definition) is 1. The molecule has 0 saturated heterocycles. The molecule has 1 aliphatic heterocycles. The van der Waals surface area contributed by atoms with E-state index in [2.05, 4.69) is 11.7 Å². The van der Waals surface area contributed by atoms with Crippen LogP contribution in [0, 0.1) is 0 Å². The Morgan fingerprint density at radius 2 is 2.00 bits per heavy atom. The van der Waals surface area contributed by atoms with Crippen LogP contribution in [0.1, 0.15) is 27.6 Å². The Kier molecular flexibility index (Phi) is 6.06. The molecule has 6 nitrogen and oxygen atoms in total. The topological polar surface area (TPSA) is 81.2 Å². The first-order valence-electron chi connectivity index (χ1n) is 9.80. The van der Waals surface area contributed by atoms with Crippen LogP contribution >= 0.6 is 22.9 Å². The number of amides is 2. The highest BCUT2D eigenvalue weighted by molar-refractivity contribution is 7.16. The zero-order chi connectivity index (χ0) is 23.9. The summed E-state index contributed by atoms with van der Waals surface area (Å²) in [5, 5.41) is 3.58. The van der Waals surface area contributed by atoms with Gasteiger partial charge in [0.05, 0.1) is 10.9 Å². The van der Waals surface area contributed by atoms with Crippen molar-refractivity contribution in [2.75, 3.05) is 6.54 Å². The normalized spacial score (nSPS) is 15.9. The van der Waals surface area contributed by atoms with Crippen molar-refractivity contribution in [1.82, 2.24) is 14.7 Å². The van der Waals surface area contributed by atoms with Gasteiger partial charge in [-0.1, -0.05) is 42.4 Å². The van der Waals surface area contributed by atoms with Gasteiger partial charge in [0.1, 0.15) is 6.54 Å². The zero-order valence-electron chi connectivity index (χ0n) is 17.1. The molecule has 3 aromatic rings. The van der Waals surface area contributed by atoms with Gasteiger partial charge < -0.3 is 10.6 Å². The van der Waals surface area contributed by atoms with Gasteiger partial charge in [-0.2, -0.15) is 18.3 Å². The summed E-state index contributed by atoms with van der Waals surface area (Å²) in [7, 11) is 0. The van der Waals surface area contributed by atoms with E-state index in [9.17, 15) is 22.8 Å². The van der Waals surface area contributed by atoms with Gasteiger partial charge in [-0.05, 0) is 28.8 Å². The molecule has 4 rings (SSSR count). The highest BCUT2D eigenvalue weighted by Gasteiger charge is 2.39. The average Bonchev–Trinajstić information content (AvgIpc) is 3.34. The molecule has 11 heteroatoms. The van der Waals surface area contributed by atoms with E-state index < -0.39 is 30.2 Å². The van der Waals surface area contributed by atoms with E-state index in [1.54, 1.807) is 35.2 Å². The molecule has 1 atom stereocenters. The number of carbonyl (C=O) groups excluding carboxylic acids is 2. The number of carbonyl (C=O) groups is 2. The van der Waals surface area contributed by atoms with Crippen LogP contribution in [0.2, 0.25) is 4.34 Å². The van der Waals surface area contributed by atoms with E-state index in [0.29, 0.717) is 22.0 Å². The lowest BCUT2D eigenvalue weighted by molar-refractivity contribution is -0.141. The van der Waals surface area contributed by atoms with Crippen molar-refractivity contribution in [3.05, 3.63) is 75.2 Å². The van der Waals surface area contributed by atoms with Crippen LogP contribution in [0.5, 0.6) is 0 Å². The third kappa shape index (κ3) is 4.53. The number of alkyl halides is 3. The van der Waals surface area contributed by atoms with Gasteiger partial charge in [-0.25, -0.2) is 0 Å². The smallest absolute Gasteiger partial charge is 0.368 e. The van der Waals surface area contributed by atoms with Crippen LogP contribution in [0.25, 0.3) is 11.1 Å². The van der Waals surface area contributed by atoms with Gasteiger partial charge >= 0.3 is 6.18 Å². The van der Waals surface area contributed by atoms with Gasteiger partial charge in [0.25, 0.3) is 0 Å². The highest BCUT2D eigenvalue weighted by atomic mass is 35.5. The molecule has 3 heterocycles. The van der Waals surface area contributed by atoms with Gasteiger partial charge in [-0.15, -0.1) is 11.3 Å². The summed E-state index contributed by atoms with van der Waals surface area (Å²) >= 11 is 7.58. The minimum absolute atomic E-state index is 0.172. The summed E-state index contributed by atoms with van der Waals surface area (Å²) in [6, 6.07) is 8.43. The lowest BCUT2D eigenvalue weighted by atomic mass is 9.84. The standard InChI is InChI=1S/C22H18ClF3N4O2S/c1-2-20(32)29-8-15(14-7-18(23)33-17(14)10-29)12-5-3-4-6-13(12)16-9-30(11-19(27)31)28-21(16)22(24,25)26/h2-7,9,15H,1,8,10-11H2,(H2,27,31)/t15-/m0/s1. The maximum absolute atomic E-state index is 13.8. The van der Waals surface area contributed by atoms with Crippen molar-refractivity contribution >= 4 is 34.8 Å². The summed E-state index contributed by atoms with van der Waals surface area (Å²) in [6.07, 6.45) is -2.37. The Bertz CT molecular complexity index is 1250. The zero-order valence-corrected chi connectivity index (χ0v) is 18.7. The van der Waals surface area contributed by atoms with E-state index in [4.69, 9.17) is 17.3 Å². The first kappa shape index (κ1) is 23.1. The van der Waals surface area contributed by atoms with Crippen LogP contribution in [-0.2, 0) is 28.9 Å². The van der Waals surface area contributed by atoms with Crippen molar-refractivity contribution in [3.63, 3.8) is 0 Å². The van der Waals surface area contributed by atoms with Crippen LogP contribution in [0.4, 0.5) is 13.2 Å². The van der Waals surface area contributed by atoms with Crippen molar-refractivity contribution in [3.8, 4) is 11.1 Å². The predicted octanol–water partition coefficient (Wildman–Crippen LogP) is 4.43. The number of primary amides is 1. The molecule has 33 heavy (non-hydrogen) atoms. The second-order valence-corrected chi connectivity index (χ2v) is 9.31. The van der Waals surface area contributed by atoms with E-state index in [0.717, 1.165) is 15.1 Å². The lowest BCUT2D eigenvalue weighted by Crippen LogP contribution is -2.37. The maximum Gasteiger partial charge on any atom is 0.435 e. The van der Waals surface area contributed by atoms with E-state index in [1.165, 1.54) is 23.6 Å². The summed E-state index contributed by atoms with van der Waals surface area (Å²) in [6.45, 7) is 3.65. The molecule has 0 spiro atoms. The molecule has 1 aromatic carbocycles. The first-order chi connectivity index (χ1) is 15.6. The highest BCUT2D eigenvalue weighted by Crippen LogP contribution is 2.44. The number of benzene rings is 1. The largest absolute Gasteiger partial charge is 0.435 e. The summed E-state index contributed by atoms with van der Waals surface area (Å²) in [4.78, 5) is 26.1. The molecule has 0 bridgehead atoms. The fourth-order valence-corrected chi connectivity index (χ4v) is 5.42. The number of hydrogen-bond acceptors (Lipinski definition) is 4. The number of fused-ring (bicyclic) bond motifs is 1. The van der Waals surface area contributed by atoms with Gasteiger partial charge in [0, 0.05) is 29.1 Å². The minimum atomic E-state index is -4.75. The van der Waals surface area contributed by atoms with Crippen LogP contribution in [0.3, 0.4) is 0 Å². The molecular weight excluding hydrogens is 477 g/mol. The molecule has 2 N–H and O–H groups in total. The van der Waals surface area contributed by atoms with Crippen molar-refractivity contribution in [1.29, 1.82) is 0 Å². The minimum Gasteiger partial charge on any atom is -0.368 e. The Morgan fingerprint density at radius 1 is 1.27 bits per heavy atom. The SMILES string of the molecule is C=CC(=O)N1Cc2sc(Cl)cc2[C@H](c2ccccc2-c2cn(CC(N)=O)nc2C(F)(F)F)C1. The molecule has 0 fully saturated rings. The molecular formula is C22H18ClF3N4O2S. The molecule has 0 aliphatic carbocycles. The van der Waals surface area contributed by atoms with Crippen LogP contribution < -0.4 is 5.73 Å². The van der Waals surface area contributed by atoms with Gasteiger partial charge in [0.2, 0.25) is 11.8 Å². The molecule has 2 aromatic heterocycles. The summed E-state index contributed by atoms with van der Waals surface area (Å²) in [5.74, 6) is -1.51. The van der Waals surface area contributed by atoms with Crippen LogP contribution in [-0.4, -0.2) is 33.0 Å². The molecule has 0 saturated carbocycles. The van der Waals surface area contributed by atoms with E-state index in [-0.39, 0.29) is 18.0 Å². The number of nitrogens with two attached hydrogens (primary N) is 1. The first-order valence-corrected chi connectivity index (χ1v) is 11.0. The second-order valence-electron chi connectivity index (χ2n) is 7.54. The van der Waals surface area contributed by atoms with Gasteiger partial charge in [-0.3, -0.25) is 14.3 Å². The number of rotatable bonds is 5. The van der Waals surface area contributed by atoms with Crippen molar-refractivity contribution in [2.45, 2.75) is 25.2 Å². The Hall–Kier alpha value is -3.11. The summed E-state index contributed by atoms with van der Waals surface area (Å²) < 4.78 is 42.9. The average molecular weight is 495 g/mol. The Labute approximate surface area is 196 Å². The maximum atomic E-state index is 13.8.